The standard InChI is InChI=1S/C10H8F2N4O/c1-4-2-3-5(11)6(7(4)12)8-9(10(13)17)15-16-14-8/h2-3H,1H3,(H2,13,17)(H,14,15,16). The Kier molecular flexibility index (Phi) is 2.58. The molecule has 2 rings (SSSR count). The average Bonchev–Trinajstić information content (AvgIpc) is 2.73. The normalized spacial score (nSPS) is 10.5. The molecule has 2 aromatic rings. The Bertz CT molecular complexity index is 594. The van der Waals surface area contributed by atoms with Gasteiger partial charge in [-0.2, -0.15) is 15.4 Å². The second-order valence-corrected chi connectivity index (χ2v) is 3.44. The lowest BCUT2D eigenvalue weighted by molar-refractivity contribution is 0.0996. The first-order chi connectivity index (χ1) is 8.02. The third-order valence-electron chi connectivity index (χ3n) is 2.30. The van der Waals surface area contributed by atoms with Gasteiger partial charge in [0.25, 0.3) is 5.91 Å². The number of aromatic nitrogens is 3. The topological polar surface area (TPSA) is 84.7 Å². The van der Waals surface area contributed by atoms with Crippen molar-refractivity contribution in [1.29, 1.82) is 0 Å². The van der Waals surface area contributed by atoms with Crippen molar-refractivity contribution in [2.24, 2.45) is 5.73 Å². The molecular weight excluding hydrogens is 230 g/mol. The fraction of sp³-hybridized carbons (Fsp3) is 0.100. The largest absolute Gasteiger partial charge is 0.364 e. The number of amides is 1. The molecule has 1 aromatic heterocycles. The molecule has 0 saturated carbocycles. The second-order valence-electron chi connectivity index (χ2n) is 3.44. The van der Waals surface area contributed by atoms with Crippen molar-refractivity contribution in [3.63, 3.8) is 0 Å². The van der Waals surface area contributed by atoms with Gasteiger partial charge < -0.3 is 5.73 Å². The zero-order valence-electron chi connectivity index (χ0n) is 8.79. The molecule has 7 heteroatoms. The highest BCUT2D eigenvalue weighted by Gasteiger charge is 2.22. The molecule has 3 N–H and O–H groups in total. The van der Waals surface area contributed by atoms with E-state index in [9.17, 15) is 13.6 Å². The number of hydrogen-bond acceptors (Lipinski definition) is 3. The van der Waals surface area contributed by atoms with Gasteiger partial charge in [-0.3, -0.25) is 4.79 Å². The van der Waals surface area contributed by atoms with Crippen LogP contribution in [-0.4, -0.2) is 21.3 Å². The second kappa shape index (κ2) is 3.93. The lowest BCUT2D eigenvalue weighted by Crippen LogP contribution is -2.13. The Labute approximate surface area is 94.6 Å². The van der Waals surface area contributed by atoms with Crippen molar-refractivity contribution >= 4 is 5.91 Å². The molecular formula is C10H8F2N4O. The molecule has 1 heterocycles. The number of hydrogen-bond donors (Lipinski definition) is 2. The lowest BCUT2D eigenvalue weighted by atomic mass is 10.1. The van der Waals surface area contributed by atoms with E-state index in [1.807, 2.05) is 0 Å². The first-order valence-corrected chi connectivity index (χ1v) is 4.68. The zero-order chi connectivity index (χ0) is 12.6. The summed E-state index contributed by atoms with van der Waals surface area (Å²) in [5, 5.41) is 9.13. The molecule has 0 aliphatic rings. The van der Waals surface area contributed by atoms with Crippen molar-refractivity contribution in [3.8, 4) is 11.3 Å². The molecule has 0 aliphatic heterocycles. The van der Waals surface area contributed by atoms with Gasteiger partial charge in [-0.25, -0.2) is 8.78 Å². The van der Waals surface area contributed by atoms with Gasteiger partial charge in [-0.1, -0.05) is 6.07 Å². The van der Waals surface area contributed by atoms with Crippen LogP contribution in [0.15, 0.2) is 12.1 Å². The molecule has 1 amide bonds. The minimum Gasteiger partial charge on any atom is -0.364 e. The summed E-state index contributed by atoms with van der Waals surface area (Å²) in [7, 11) is 0. The molecule has 0 radical (unpaired) electrons. The zero-order valence-corrected chi connectivity index (χ0v) is 8.79. The van der Waals surface area contributed by atoms with Crippen LogP contribution in [0, 0.1) is 18.6 Å². The van der Waals surface area contributed by atoms with Gasteiger partial charge in [0.2, 0.25) is 0 Å². The maximum absolute atomic E-state index is 13.8. The van der Waals surface area contributed by atoms with E-state index in [2.05, 4.69) is 15.4 Å². The van der Waals surface area contributed by atoms with Gasteiger partial charge in [0.15, 0.2) is 5.69 Å². The Morgan fingerprint density at radius 3 is 2.71 bits per heavy atom. The van der Waals surface area contributed by atoms with Crippen molar-refractivity contribution in [3.05, 3.63) is 35.0 Å². The predicted octanol–water partition coefficient (Wildman–Crippen LogP) is 1.16. The van der Waals surface area contributed by atoms with Crippen LogP contribution >= 0.6 is 0 Å². The number of aromatic amines is 1. The van der Waals surface area contributed by atoms with Crippen molar-refractivity contribution in [1.82, 2.24) is 15.4 Å². The number of nitrogens with one attached hydrogen (secondary N) is 1. The van der Waals surface area contributed by atoms with Crippen molar-refractivity contribution in [2.45, 2.75) is 6.92 Å². The fourth-order valence-corrected chi connectivity index (χ4v) is 1.45. The number of nitrogens with zero attached hydrogens (tertiary/aromatic N) is 2. The third kappa shape index (κ3) is 1.75. The van der Waals surface area contributed by atoms with Crippen molar-refractivity contribution < 1.29 is 13.6 Å². The number of rotatable bonds is 2. The molecule has 5 nitrogen and oxygen atoms in total. The van der Waals surface area contributed by atoms with Crippen LogP contribution in [0.4, 0.5) is 8.78 Å². The highest BCUT2D eigenvalue weighted by atomic mass is 19.1. The van der Waals surface area contributed by atoms with Crippen molar-refractivity contribution in [2.75, 3.05) is 0 Å². The van der Waals surface area contributed by atoms with E-state index in [4.69, 9.17) is 5.73 Å². The molecule has 0 unspecified atom stereocenters. The van der Waals surface area contributed by atoms with Crippen LogP contribution in [0.5, 0.6) is 0 Å². The number of benzene rings is 1. The summed E-state index contributed by atoms with van der Waals surface area (Å²) in [4.78, 5) is 11.0. The molecule has 17 heavy (non-hydrogen) atoms. The van der Waals surface area contributed by atoms with E-state index in [1.54, 1.807) is 0 Å². The molecule has 1 aromatic carbocycles. The first kappa shape index (κ1) is 11.2. The molecule has 0 saturated heterocycles. The van der Waals surface area contributed by atoms with Gasteiger partial charge in [0.1, 0.15) is 17.3 Å². The van der Waals surface area contributed by atoms with Gasteiger partial charge in [-0.15, -0.1) is 0 Å². The highest BCUT2D eigenvalue weighted by molar-refractivity contribution is 5.96. The fourth-order valence-electron chi connectivity index (χ4n) is 1.45. The van der Waals surface area contributed by atoms with E-state index in [0.29, 0.717) is 0 Å². The average molecular weight is 238 g/mol. The summed E-state index contributed by atoms with van der Waals surface area (Å²) in [6.07, 6.45) is 0. The van der Waals surface area contributed by atoms with Gasteiger partial charge in [0, 0.05) is 0 Å². The molecule has 0 bridgehead atoms. The lowest BCUT2D eigenvalue weighted by Gasteiger charge is -2.04. The van der Waals surface area contributed by atoms with Gasteiger partial charge in [-0.05, 0) is 18.6 Å². The Morgan fingerprint density at radius 2 is 2.06 bits per heavy atom. The number of primary amides is 1. The SMILES string of the molecule is Cc1ccc(F)c(-c2n[nH]nc2C(N)=O)c1F. The van der Waals surface area contributed by atoms with Gasteiger partial charge in [0.05, 0.1) is 5.56 Å². The number of aryl methyl sites for hydroxylation is 1. The highest BCUT2D eigenvalue weighted by Crippen LogP contribution is 2.27. The number of carbonyl (C=O) groups is 1. The van der Waals surface area contributed by atoms with Crippen LogP contribution in [0.2, 0.25) is 0 Å². The van der Waals surface area contributed by atoms with E-state index in [0.717, 1.165) is 6.07 Å². The quantitative estimate of drug-likeness (QED) is 0.823. The van der Waals surface area contributed by atoms with E-state index < -0.39 is 23.1 Å². The van der Waals surface area contributed by atoms with Crippen LogP contribution in [0.1, 0.15) is 16.1 Å². The maximum Gasteiger partial charge on any atom is 0.271 e. The van der Waals surface area contributed by atoms with E-state index in [-0.39, 0.29) is 17.0 Å². The van der Waals surface area contributed by atoms with Crippen LogP contribution in [0.25, 0.3) is 11.3 Å². The monoisotopic (exact) mass is 238 g/mol. The summed E-state index contributed by atoms with van der Waals surface area (Å²) in [5.74, 6) is -2.53. The molecule has 0 aliphatic carbocycles. The van der Waals surface area contributed by atoms with Crippen LogP contribution in [-0.2, 0) is 0 Å². The Hall–Kier alpha value is -2.31. The van der Waals surface area contributed by atoms with E-state index >= 15 is 0 Å². The summed E-state index contributed by atoms with van der Waals surface area (Å²) >= 11 is 0. The Balaban J connectivity index is 2.72. The Morgan fingerprint density at radius 1 is 1.35 bits per heavy atom. The number of nitrogens with two attached hydrogens (primary N) is 1. The van der Waals surface area contributed by atoms with Gasteiger partial charge >= 0.3 is 0 Å². The summed E-state index contributed by atoms with van der Waals surface area (Å²) in [6, 6.07) is 2.38. The molecule has 0 spiro atoms. The third-order valence-corrected chi connectivity index (χ3v) is 2.30. The molecule has 88 valence electrons. The summed E-state index contributed by atoms with van der Waals surface area (Å²) in [6.45, 7) is 1.47. The molecule has 0 atom stereocenters. The summed E-state index contributed by atoms with van der Waals surface area (Å²) in [5.41, 5.74) is 4.33. The number of H-pyrrole nitrogens is 1. The number of carbonyl (C=O) groups excluding carboxylic acids is 1. The molecule has 0 fully saturated rings. The predicted molar refractivity (Wildman–Crippen MR) is 55.0 cm³/mol. The minimum atomic E-state index is -0.908. The van der Waals surface area contributed by atoms with Crippen LogP contribution < -0.4 is 5.73 Å². The number of halogens is 2. The van der Waals surface area contributed by atoms with E-state index in [1.165, 1.54) is 13.0 Å². The first-order valence-electron chi connectivity index (χ1n) is 4.68. The van der Waals surface area contributed by atoms with Crippen LogP contribution in [0.3, 0.4) is 0 Å². The summed E-state index contributed by atoms with van der Waals surface area (Å²) < 4.78 is 27.4. The smallest absolute Gasteiger partial charge is 0.271 e. The maximum atomic E-state index is 13.8. The minimum absolute atomic E-state index is 0.226.